The van der Waals surface area contributed by atoms with Gasteiger partial charge in [0, 0.05) is 18.8 Å². The van der Waals surface area contributed by atoms with Gasteiger partial charge in [-0.25, -0.2) is 4.79 Å². The van der Waals surface area contributed by atoms with Gasteiger partial charge in [0.05, 0.1) is 11.3 Å². The summed E-state index contributed by atoms with van der Waals surface area (Å²) in [6, 6.07) is 4.16. The number of aromatic carboxylic acids is 1. The van der Waals surface area contributed by atoms with E-state index in [2.05, 4.69) is 5.32 Å². The Bertz CT molecular complexity index is 514. The van der Waals surface area contributed by atoms with Crippen LogP contribution >= 0.6 is 0 Å². The van der Waals surface area contributed by atoms with E-state index in [9.17, 15) is 14.7 Å². The number of nitrogens with one attached hydrogen (secondary N) is 1. The molecule has 0 aromatic heterocycles. The average molecular weight is 279 g/mol. The minimum Gasteiger partial charge on any atom is -0.478 e. The van der Waals surface area contributed by atoms with Gasteiger partial charge in [0.1, 0.15) is 6.04 Å². The minimum absolute atomic E-state index is 0.0312. The van der Waals surface area contributed by atoms with Crippen molar-refractivity contribution in [1.29, 1.82) is 0 Å². The second-order valence-corrected chi connectivity index (χ2v) is 5.03. The fourth-order valence-corrected chi connectivity index (χ4v) is 1.82. The monoisotopic (exact) mass is 279 g/mol. The van der Waals surface area contributed by atoms with E-state index in [0.717, 1.165) is 0 Å². The van der Waals surface area contributed by atoms with Crippen molar-refractivity contribution in [1.82, 2.24) is 5.32 Å². The first-order chi connectivity index (χ1) is 9.23. The molecule has 0 aliphatic heterocycles. The first kappa shape index (κ1) is 15.8. The molecule has 0 fully saturated rings. The second-order valence-electron chi connectivity index (χ2n) is 5.03. The number of nitrogens with two attached hydrogens (primary N) is 1. The van der Waals surface area contributed by atoms with E-state index in [-0.39, 0.29) is 17.5 Å². The lowest BCUT2D eigenvalue weighted by atomic mass is 10.1. The van der Waals surface area contributed by atoms with Crippen molar-refractivity contribution in [2.24, 2.45) is 0 Å². The lowest BCUT2D eigenvalue weighted by molar-refractivity contribution is -0.122. The number of hydrogen-bond acceptors (Lipinski definition) is 4. The summed E-state index contributed by atoms with van der Waals surface area (Å²) in [5, 5.41) is 12.0. The van der Waals surface area contributed by atoms with Gasteiger partial charge in [-0.2, -0.15) is 0 Å². The maximum Gasteiger partial charge on any atom is 0.337 e. The van der Waals surface area contributed by atoms with Gasteiger partial charge in [-0.1, -0.05) is 0 Å². The molecule has 4 N–H and O–H groups in total. The maximum absolute atomic E-state index is 12.0. The summed E-state index contributed by atoms with van der Waals surface area (Å²) in [7, 11) is 1.68. The molecule has 0 spiro atoms. The molecule has 0 heterocycles. The number of nitrogen functional groups attached to an aromatic ring is 1. The van der Waals surface area contributed by atoms with Crippen molar-refractivity contribution in [2.75, 3.05) is 17.7 Å². The fourth-order valence-electron chi connectivity index (χ4n) is 1.82. The summed E-state index contributed by atoms with van der Waals surface area (Å²) in [6.45, 7) is 5.47. The first-order valence-corrected chi connectivity index (χ1v) is 6.40. The number of likely N-dealkylation sites (N-methyl/N-ethyl adjacent to an activating group) is 1. The zero-order valence-electron chi connectivity index (χ0n) is 12.2. The zero-order chi connectivity index (χ0) is 15.4. The molecule has 110 valence electrons. The Labute approximate surface area is 118 Å². The normalized spacial score (nSPS) is 12.1. The van der Waals surface area contributed by atoms with Gasteiger partial charge in [-0.3, -0.25) is 4.79 Å². The maximum atomic E-state index is 12.0. The highest BCUT2D eigenvalue weighted by Gasteiger charge is 2.22. The fraction of sp³-hybridized carbons (Fsp3) is 0.429. The molecule has 0 aliphatic rings. The molecule has 0 radical (unpaired) electrons. The molecule has 20 heavy (non-hydrogen) atoms. The van der Waals surface area contributed by atoms with Crippen molar-refractivity contribution in [3.05, 3.63) is 23.8 Å². The van der Waals surface area contributed by atoms with Gasteiger partial charge < -0.3 is 21.1 Å². The van der Waals surface area contributed by atoms with E-state index in [1.165, 1.54) is 6.07 Å². The van der Waals surface area contributed by atoms with Crippen LogP contribution in [0.25, 0.3) is 0 Å². The first-order valence-electron chi connectivity index (χ1n) is 6.40. The van der Waals surface area contributed by atoms with Crippen molar-refractivity contribution in [3.8, 4) is 0 Å². The van der Waals surface area contributed by atoms with Crippen LogP contribution in [0.15, 0.2) is 18.2 Å². The molecule has 0 aliphatic carbocycles. The third-order valence-electron chi connectivity index (χ3n) is 3.02. The van der Waals surface area contributed by atoms with Gasteiger partial charge >= 0.3 is 5.97 Å². The lowest BCUT2D eigenvalue weighted by Crippen LogP contribution is -2.46. The van der Waals surface area contributed by atoms with Crippen LogP contribution in [-0.2, 0) is 4.79 Å². The summed E-state index contributed by atoms with van der Waals surface area (Å²) in [5.41, 5.74) is 6.52. The summed E-state index contributed by atoms with van der Waals surface area (Å²) in [6.07, 6.45) is 0. The van der Waals surface area contributed by atoms with Crippen LogP contribution in [-0.4, -0.2) is 36.1 Å². The molecular weight excluding hydrogens is 258 g/mol. The van der Waals surface area contributed by atoms with Crippen LogP contribution in [0.2, 0.25) is 0 Å². The Morgan fingerprint density at radius 2 is 1.90 bits per heavy atom. The molecule has 1 aromatic rings. The van der Waals surface area contributed by atoms with E-state index >= 15 is 0 Å². The van der Waals surface area contributed by atoms with E-state index < -0.39 is 12.0 Å². The van der Waals surface area contributed by atoms with Gasteiger partial charge in [0.25, 0.3) is 0 Å². The summed E-state index contributed by atoms with van der Waals surface area (Å²) in [5.74, 6) is -1.23. The molecule has 0 saturated heterocycles. The Kier molecular flexibility index (Phi) is 4.96. The zero-order valence-corrected chi connectivity index (χ0v) is 12.2. The van der Waals surface area contributed by atoms with Crippen LogP contribution in [0, 0.1) is 0 Å². The number of carboxylic acids is 1. The quantitative estimate of drug-likeness (QED) is 0.706. The van der Waals surface area contributed by atoms with Crippen molar-refractivity contribution < 1.29 is 14.7 Å². The molecule has 1 atom stereocenters. The highest BCUT2D eigenvalue weighted by molar-refractivity contribution is 5.97. The summed E-state index contributed by atoms with van der Waals surface area (Å²) in [4.78, 5) is 24.9. The van der Waals surface area contributed by atoms with E-state index in [1.807, 2.05) is 13.8 Å². The largest absolute Gasteiger partial charge is 0.478 e. The number of hydrogen-bond donors (Lipinski definition) is 3. The Morgan fingerprint density at radius 3 is 2.40 bits per heavy atom. The van der Waals surface area contributed by atoms with Crippen molar-refractivity contribution >= 4 is 23.3 Å². The van der Waals surface area contributed by atoms with Crippen LogP contribution in [0.5, 0.6) is 0 Å². The number of benzene rings is 1. The standard InChI is InChI=1S/C14H21N3O3/c1-8(2)16-13(18)9(3)17(4)12-6-5-10(15)7-11(12)14(19)20/h5-9H,15H2,1-4H3,(H,16,18)(H,19,20). The number of rotatable bonds is 5. The third-order valence-corrected chi connectivity index (χ3v) is 3.02. The molecule has 6 heteroatoms. The SMILES string of the molecule is CC(C)NC(=O)C(C)N(C)c1ccc(N)cc1C(=O)O. The Hall–Kier alpha value is -2.24. The van der Waals surface area contributed by atoms with Crippen molar-refractivity contribution in [3.63, 3.8) is 0 Å². The van der Waals surface area contributed by atoms with Gasteiger partial charge in [-0.15, -0.1) is 0 Å². The van der Waals surface area contributed by atoms with Gasteiger partial charge in [0.2, 0.25) is 5.91 Å². The van der Waals surface area contributed by atoms with Crippen LogP contribution in [0.3, 0.4) is 0 Å². The highest BCUT2D eigenvalue weighted by Crippen LogP contribution is 2.24. The average Bonchev–Trinajstić information content (AvgIpc) is 2.36. The predicted molar refractivity (Wildman–Crippen MR) is 79.0 cm³/mol. The summed E-state index contributed by atoms with van der Waals surface area (Å²) >= 11 is 0. The number of anilines is 2. The lowest BCUT2D eigenvalue weighted by Gasteiger charge is -2.28. The van der Waals surface area contributed by atoms with Crippen LogP contribution < -0.4 is 16.0 Å². The minimum atomic E-state index is -1.07. The van der Waals surface area contributed by atoms with E-state index in [4.69, 9.17) is 5.73 Å². The Morgan fingerprint density at radius 1 is 1.30 bits per heavy atom. The number of nitrogens with zero attached hydrogens (tertiary/aromatic N) is 1. The molecule has 1 aromatic carbocycles. The third kappa shape index (κ3) is 3.63. The summed E-state index contributed by atoms with van der Waals surface area (Å²) < 4.78 is 0. The highest BCUT2D eigenvalue weighted by atomic mass is 16.4. The molecular formula is C14H21N3O3. The van der Waals surface area contributed by atoms with E-state index in [1.54, 1.807) is 31.0 Å². The molecule has 6 nitrogen and oxygen atoms in total. The van der Waals surface area contributed by atoms with Gasteiger partial charge in [-0.05, 0) is 39.0 Å². The number of carbonyl (C=O) groups is 2. The van der Waals surface area contributed by atoms with Crippen LogP contribution in [0.1, 0.15) is 31.1 Å². The number of carboxylic acid groups (broad SMARTS) is 1. The van der Waals surface area contributed by atoms with Crippen LogP contribution in [0.4, 0.5) is 11.4 Å². The number of carbonyl (C=O) groups excluding carboxylic acids is 1. The second kappa shape index (κ2) is 6.27. The molecule has 0 saturated carbocycles. The Balaban J connectivity index is 3.05. The number of amides is 1. The van der Waals surface area contributed by atoms with E-state index in [0.29, 0.717) is 11.4 Å². The molecule has 1 unspecified atom stereocenters. The van der Waals surface area contributed by atoms with Gasteiger partial charge in [0.15, 0.2) is 0 Å². The molecule has 1 rings (SSSR count). The topological polar surface area (TPSA) is 95.7 Å². The van der Waals surface area contributed by atoms with Crippen molar-refractivity contribution in [2.45, 2.75) is 32.9 Å². The molecule has 1 amide bonds. The predicted octanol–water partition coefficient (Wildman–Crippen LogP) is 1.32. The smallest absolute Gasteiger partial charge is 0.337 e. The molecule has 0 bridgehead atoms.